The summed E-state index contributed by atoms with van der Waals surface area (Å²) in [6.07, 6.45) is 21.2. The molecular weight excluding hydrogens is 536 g/mol. The normalized spacial score (nSPS) is 12.6. The lowest BCUT2D eigenvalue weighted by Gasteiger charge is -2.37. The molecule has 238 valence electrons. The van der Waals surface area contributed by atoms with Crippen LogP contribution in [0.2, 0.25) is 18.1 Å². The molecule has 42 heavy (non-hydrogen) atoms. The minimum Gasteiger partial charge on any atom is -0.483 e. The molecule has 5 nitrogen and oxygen atoms in total. The van der Waals surface area contributed by atoms with Gasteiger partial charge in [0.05, 0.1) is 24.3 Å². The van der Waals surface area contributed by atoms with Crippen molar-refractivity contribution in [1.82, 2.24) is 0 Å². The zero-order valence-electron chi connectivity index (χ0n) is 28.3. The maximum Gasteiger partial charge on any atom is 0.192 e. The second-order valence-electron chi connectivity index (χ2n) is 13.6. The number of rotatable bonds is 24. The summed E-state index contributed by atoms with van der Waals surface area (Å²) in [6, 6.07) is 7.91. The van der Waals surface area contributed by atoms with Crippen molar-refractivity contribution >= 4 is 8.32 Å². The third-order valence-electron chi connectivity index (χ3n) is 8.64. The van der Waals surface area contributed by atoms with Gasteiger partial charge in [-0.3, -0.25) is 0 Å². The fourth-order valence-corrected chi connectivity index (χ4v) is 5.87. The maximum absolute atomic E-state index is 9.69. The van der Waals surface area contributed by atoms with E-state index < -0.39 is 8.32 Å². The maximum atomic E-state index is 9.69. The van der Waals surface area contributed by atoms with Gasteiger partial charge in [-0.1, -0.05) is 124 Å². The molecule has 0 aliphatic rings. The van der Waals surface area contributed by atoms with Gasteiger partial charge in [-0.2, -0.15) is 10.5 Å². The third-order valence-corrected chi connectivity index (χ3v) is 13.1. The Kier molecular flexibility index (Phi) is 19.8. The van der Waals surface area contributed by atoms with Crippen molar-refractivity contribution in [3.63, 3.8) is 0 Å². The lowest BCUT2D eigenvalue weighted by atomic mass is 10.0. The van der Waals surface area contributed by atoms with Crippen molar-refractivity contribution in [3.05, 3.63) is 28.8 Å². The van der Waals surface area contributed by atoms with Crippen molar-refractivity contribution in [2.45, 2.75) is 162 Å². The highest BCUT2D eigenvalue weighted by molar-refractivity contribution is 6.74. The van der Waals surface area contributed by atoms with Crippen molar-refractivity contribution < 1.29 is 13.9 Å². The number of hydrogen-bond donors (Lipinski definition) is 0. The lowest BCUT2D eigenvalue weighted by Crippen LogP contribution is -2.44. The van der Waals surface area contributed by atoms with E-state index >= 15 is 0 Å². The molecule has 0 N–H and O–H groups in total. The first-order valence-electron chi connectivity index (χ1n) is 16.9. The van der Waals surface area contributed by atoms with Gasteiger partial charge in [-0.05, 0) is 49.2 Å². The van der Waals surface area contributed by atoms with Crippen LogP contribution >= 0.6 is 0 Å². The Morgan fingerprint density at radius 3 is 1.55 bits per heavy atom. The fraction of sp³-hybridized carbons (Fsp3) is 0.778. The predicted octanol–water partition coefficient (Wildman–Crippen LogP) is 10.8. The molecule has 0 aromatic heterocycles. The van der Waals surface area contributed by atoms with Gasteiger partial charge in [0, 0.05) is 6.61 Å². The van der Waals surface area contributed by atoms with Crippen molar-refractivity contribution in [3.8, 4) is 17.9 Å². The molecule has 0 aliphatic heterocycles. The third kappa shape index (κ3) is 16.1. The van der Waals surface area contributed by atoms with Gasteiger partial charge in [-0.15, -0.1) is 0 Å². The number of aryl methyl sites for hydroxylation is 1. The zero-order valence-corrected chi connectivity index (χ0v) is 29.3. The Morgan fingerprint density at radius 2 is 1.14 bits per heavy atom. The van der Waals surface area contributed by atoms with E-state index in [1.54, 1.807) is 12.1 Å². The molecule has 0 heterocycles. The highest BCUT2D eigenvalue weighted by atomic mass is 28.4. The number of benzene rings is 1. The summed E-state index contributed by atoms with van der Waals surface area (Å²) in [6.45, 7) is 16.7. The second kappa shape index (κ2) is 21.8. The summed E-state index contributed by atoms with van der Waals surface area (Å²) in [5, 5.41) is 19.4. The molecule has 0 unspecified atom stereocenters. The highest BCUT2D eigenvalue weighted by Crippen LogP contribution is 2.37. The van der Waals surface area contributed by atoms with E-state index in [0.29, 0.717) is 36.7 Å². The number of hydrogen-bond acceptors (Lipinski definition) is 5. The van der Waals surface area contributed by atoms with Crippen molar-refractivity contribution in [1.29, 1.82) is 10.5 Å². The van der Waals surface area contributed by atoms with E-state index in [9.17, 15) is 10.5 Å². The first kappa shape index (κ1) is 38.2. The van der Waals surface area contributed by atoms with E-state index in [-0.39, 0.29) is 11.1 Å². The Bertz CT molecular complexity index is 907. The zero-order chi connectivity index (χ0) is 31.3. The van der Waals surface area contributed by atoms with Crippen LogP contribution in [0.3, 0.4) is 0 Å². The SMILES string of the molecule is CCCCCCCCCCCCCCCCCCOC[C@H](CO[Si](C)(C)C(C)(C)C)Oc1c(C#N)cc(C)cc1C#N. The van der Waals surface area contributed by atoms with Gasteiger partial charge in [0.15, 0.2) is 14.1 Å². The molecule has 1 rings (SSSR count). The molecule has 0 aliphatic carbocycles. The van der Waals surface area contributed by atoms with Gasteiger partial charge in [0.25, 0.3) is 0 Å². The number of nitrogens with zero attached hydrogens (tertiary/aromatic N) is 2. The average molecular weight is 599 g/mol. The number of nitriles is 2. The molecule has 1 atom stereocenters. The molecule has 0 radical (unpaired) electrons. The van der Waals surface area contributed by atoms with Gasteiger partial charge in [0.2, 0.25) is 0 Å². The standard InChI is InChI=1S/C36H62N2O3Si/c1-8-9-10-11-12-13-14-15-16-17-18-19-20-21-22-23-24-39-29-34(30-40-42(6,7)36(3,4)5)41-35-32(27-37)25-31(2)26-33(35)28-38/h25-26,34H,8-24,29-30H2,1-7H3/t34-/m1/s1. The van der Waals surface area contributed by atoms with Gasteiger partial charge < -0.3 is 13.9 Å². The van der Waals surface area contributed by atoms with Crippen molar-refractivity contribution in [2.24, 2.45) is 0 Å². The van der Waals surface area contributed by atoms with Crippen molar-refractivity contribution in [2.75, 3.05) is 19.8 Å². The first-order chi connectivity index (χ1) is 20.1. The summed E-state index contributed by atoms with van der Waals surface area (Å²) < 4.78 is 18.8. The first-order valence-corrected chi connectivity index (χ1v) is 19.8. The van der Waals surface area contributed by atoms with Crippen LogP contribution in [-0.4, -0.2) is 34.2 Å². The van der Waals surface area contributed by atoms with Gasteiger partial charge in [0.1, 0.15) is 18.2 Å². The molecule has 1 aromatic rings. The molecule has 0 saturated heterocycles. The Morgan fingerprint density at radius 1 is 0.714 bits per heavy atom. The minimum absolute atomic E-state index is 0.0748. The van der Waals surface area contributed by atoms with Gasteiger partial charge >= 0.3 is 0 Å². The van der Waals surface area contributed by atoms with Crippen LogP contribution in [-0.2, 0) is 9.16 Å². The monoisotopic (exact) mass is 598 g/mol. The van der Waals surface area contributed by atoms with E-state index in [2.05, 4.69) is 52.9 Å². The van der Waals surface area contributed by atoms with Crippen LogP contribution in [0.15, 0.2) is 12.1 Å². The Hall–Kier alpha value is -1.86. The van der Waals surface area contributed by atoms with E-state index in [0.717, 1.165) is 12.0 Å². The predicted molar refractivity (Wildman–Crippen MR) is 179 cm³/mol. The molecular formula is C36H62N2O3Si. The topological polar surface area (TPSA) is 75.3 Å². The molecule has 1 aromatic carbocycles. The largest absolute Gasteiger partial charge is 0.483 e. The van der Waals surface area contributed by atoms with Crippen LogP contribution in [0.1, 0.15) is 147 Å². The molecule has 0 bridgehead atoms. The van der Waals surface area contributed by atoms with Crippen LogP contribution < -0.4 is 4.74 Å². The minimum atomic E-state index is -2.00. The molecule has 6 heteroatoms. The van der Waals surface area contributed by atoms with Crippen LogP contribution in [0.5, 0.6) is 5.75 Å². The highest BCUT2D eigenvalue weighted by Gasteiger charge is 2.38. The molecule has 0 spiro atoms. The molecule has 0 amide bonds. The smallest absolute Gasteiger partial charge is 0.192 e. The summed E-state index contributed by atoms with van der Waals surface area (Å²) in [5.74, 6) is 0.334. The average Bonchev–Trinajstić information content (AvgIpc) is 2.94. The van der Waals surface area contributed by atoms with Crippen LogP contribution in [0.25, 0.3) is 0 Å². The quantitative estimate of drug-likeness (QED) is 0.0874. The number of unbranched alkanes of at least 4 members (excludes halogenated alkanes) is 15. The summed E-state index contributed by atoms with van der Waals surface area (Å²) in [4.78, 5) is 0. The Balaban J connectivity index is 2.36. The van der Waals surface area contributed by atoms with E-state index in [1.807, 2.05) is 6.92 Å². The Labute approximate surface area is 260 Å². The fourth-order valence-electron chi connectivity index (χ4n) is 4.83. The second-order valence-corrected chi connectivity index (χ2v) is 18.4. The van der Waals surface area contributed by atoms with E-state index in [1.165, 1.54) is 96.3 Å². The molecule has 0 saturated carbocycles. The van der Waals surface area contributed by atoms with Crippen LogP contribution in [0, 0.1) is 29.6 Å². The van der Waals surface area contributed by atoms with E-state index in [4.69, 9.17) is 13.9 Å². The van der Waals surface area contributed by atoms with Crippen LogP contribution in [0.4, 0.5) is 0 Å². The number of ether oxygens (including phenoxy) is 2. The van der Waals surface area contributed by atoms with Gasteiger partial charge in [-0.25, -0.2) is 0 Å². The molecule has 0 fully saturated rings. The summed E-state index contributed by atoms with van der Waals surface area (Å²) in [5.41, 5.74) is 1.62. The summed E-state index contributed by atoms with van der Waals surface area (Å²) >= 11 is 0. The lowest BCUT2D eigenvalue weighted by molar-refractivity contribution is 0.0213. The summed E-state index contributed by atoms with van der Waals surface area (Å²) in [7, 11) is -2.00.